The van der Waals surface area contributed by atoms with Crippen molar-refractivity contribution in [1.82, 2.24) is 14.8 Å². The smallest absolute Gasteiger partial charge is 0.341 e. The van der Waals surface area contributed by atoms with Crippen molar-refractivity contribution in [3.63, 3.8) is 0 Å². The lowest BCUT2D eigenvalue weighted by molar-refractivity contribution is -0.113. The Balaban J connectivity index is 1.64. The molecule has 0 saturated heterocycles. The van der Waals surface area contributed by atoms with Crippen molar-refractivity contribution in [3.8, 4) is 0 Å². The summed E-state index contributed by atoms with van der Waals surface area (Å²) in [6, 6.07) is 0. The summed E-state index contributed by atoms with van der Waals surface area (Å²) < 4.78 is 7.13. The molecule has 2 aromatic heterocycles. The van der Waals surface area contributed by atoms with Gasteiger partial charge in [0.2, 0.25) is 5.91 Å². The van der Waals surface area contributed by atoms with Crippen LogP contribution < -0.4 is 5.32 Å². The summed E-state index contributed by atoms with van der Waals surface area (Å²) in [7, 11) is 1.96. The van der Waals surface area contributed by atoms with E-state index in [-0.39, 0.29) is 11.7 Å². The highest BCUT2D eigenvalue weighted by Crippen LogP contribution is 2.35. The van der Waals surface area contributed by atoms with Crippen LogP contribution in [0.3, 0.4) is 0 Å². The predicted octanol–water partition coefficient (Wildman–Crippen LogP) is 4.06. The molecule has 0 atom stereocenters. The Morgan fingerprint density at radius 1 is 1.29 bits per heavy atom. The molecule has 1 fully saturated rings. The van der Waals surface area contributed by atoms with E-state index in [4.69, 9.17) is 4.74 Å². The fourth-order valence-corrected chi connectivity index (χ4v) is 5.23. The van der Waals surface area contributed by atoms with Crippen molar-refractivity contribution < 1.29 is 14.3 Å². The SMILES string of the molecule is CCOC(=O)c1c(NC(=O)CSc2nnc(C3CCCC3)n2C)sc(C)c1C. The molecule has 0 spiro atoms. The van der Waals surface area contributed by atoms with Gasteiger partial charge in [-0.1, -0.05) is 24.6 Å². The van der Waals surface area contributed by atoms with Gasteiger partial charge >= 0.3 is 5.97 Å². The monoisotopic (exact) mass is 422 g/mol. The zero-order chi connectivity index (χ0) is 20.3. The number of nitrogens with one attached hydrogen (secondary N) is 1. The van der Waals surface area contributed by atoms with E-state index in [9.17, 15) is 9.59 Å². The lowest BCUT2D eigenvalue weighted by atomic mass is 10.1. The molecule has 1 aliphatic carbocycles. The maximum Gasteiger partial charge on any atom is 0.341 e. The average molecular weight is 423 g/mol. The van der Waals surface area contributed by atoms with Crippen LogP contribution in [-0.2, 0) is 16.6 Å². The number of nitrogens with zero attached hydrogens (tertiary/aromatic N) is 3. The molecule has 2 aromatic rings. The standard InChI is InChI=1S/C19H26N4O3S2/c1-5-26-18(25)15-11(2)12(3)28-17(15)20-14(24)10-27-19-22-21-16(23(19)4)13-8-6-7-9-13/h13H,5-10H2,1-4H3,(H,20,24). The van der Waals surface area contributed by atoms with E-state index in [1.54, 1.807) is 6.92 Å². The number of amides is 1. The fourth-order valence-electron chi connectivity index (χ4n) is 3.45. The van der Waals surface area contributed by atoms with Crippen molar-refractivity contribution in [3.05, 3.63) is 21.8 Å². The number of ether oxygens (including phenoxy) is 1. The van der Waals surface area contributed by atoms with Gasteiger partial charge in [0.15, 0.2) is 5.16 Å². The van der Waals surface area contributed by atoms with Gasteiger partial charge in [-0.2, -0.15) is 0 Å². The molecule has 3 rings (SSSR count). The lowest BCUT2D eigenvalue weighted by Gasteiger charge is -2.09. The zero-order valence-electron chi connectivity index (χ0n) is 16.7. The highest BCUT2D eigenvalue weighted by molar-refractivity contribution is 7.99. The maximum atomic E-state index is 12.5. The number of hydrogen-bond donors (Lipinski definition) is 1. The normalized spacial score (nSPS) is 14.4. The molecule has 1 saturated carbocycles. The largest absolute Gasteiger partial charge is 0.462 e. The number of thioether (sulfide) groups is 1. The molecule has 1 N–H and O–H groups in total. The van der Waals surface area contributed by atoms with E-state index >= 15 is 0 Å². The van der Waals surface area contributed by atoms with Crippen LogP contribution in [0.2, 0.25) is 0 Å². The highest BCUT2D eigenvalue weighted by atomic mass is 32.2. The number of thiophene rings is 1. The first-order valence-electron chi connectivity index (χ1n) is 9.51. The first kappa shape index (κ1) is 20.9. The minimum absolute atomic E-state index is 0.179. The third-order valence-electron chi connectivity index (χ3n) is 5.04. The Morgan fingerprint density at radius 3 is 2.68 bits per heavy atom. The number of carbonyl (C=O) groups is 2. The Labute approximate surface area is 173 Å². The Hall–Kier alpha value is -1.87. The summed E-state index contributed by atoms with van der Waals surface area (Å²) in [5, 5.41) is 12.7. The molecule has 0 unspecified atom stereocenters. The highest BCUT2D eigenvalue weighted by Gasteiger charge is 2.24. The van der Waals surface area contributed by atoms with Crippen LogP contribution in [0.4, 0.5) is 5.00 Å². The van der Waals surface area contributed by atoms with Gasteiger partial charge in [-0.05, 0) is 39.2 Å². The van der Waals surface area contributed by atoms with Gasteiger partial charge < -0.3 is 14.6 Å². The van der Waals surface area contributed by atoms with Crippen molar-refractivity contribution in [2.75, 3.05) is 17.7 Å². The number of aryl methyl sites for hydroxylation is 1. The summed E-state index contributed by atoms with van der Waals surface area (Å²) in [5.41, 5.74) is 1.30. The van der Waals surface area contributed by atoms with Crippen molar-refractivity contribution in [2.24, 2.45) is 7.05 Å². The first-order valence-corrected chi connectivity index (χ1v) is 11.3. The molecule has 0 aliphatic heterocycles. The second-order valence-corrected chi connectivity index (χ2v) is 9.09. The molecule has 0 bridgehead atoms. The van der Waals surface area contributed by atoms with Gasteiger partial charge in [-0.25, -0.2) is 4.79 Å². The fraction of sp³-hybridized carbons (Fsp3) is 0.579. The van der Waals surface area contributed by atoms with E-state index < -0.39 is 5.97 Å². The molecular formula is C19H26N4O3S2. The third-order valence-corrected chi connectivity index (χ3v) is 7.18. The molecule has 0 aromatic carbocycles. The number of hydrogen-bond acceptors (Lipinski definition) is 7. The van der Waals surface area contributed by atoms with Gasteiger partial charge in [0, 0.05) is 17.8 Å². The molecule has 9 heteroatoms. The van der Waals surface area contributed by atoms with E-state index in [0.717, 1.165) is 34.3 Å². The van der Waals surface area contributed by atoms with Crippen LogP contribution in [0.25, 0.3) is 0 Å². The number of aromatic nitrogens is 3. The van der Waals surface area contributed by atoms with Gasteiger partial charge in [0.1, 0.15) is 10.8 Å². The second kappa shape index (κ2) is 9.09. The first-order chi connectivity index (χ1) is 13.4. The van der Waals surface area contributed by atoms with E-state index in [1.807, 2.05) is 25.5 Å². The summed E-state index contributed by atoms with van der Waals surface area (Å²) in [5.74, 6) is 1.11. The quantitative estimate of drug-likeness (QED) is 0.535. The van der Waals surface area contributed by atoms with Crippen LogP contribution in [-0.4, -0.2) is 39.0 Å². The van der Waals surface area contributed by atoms with Crippen molar-refractivity contribution in [1.29, 1.82) is 0 Å². The number of carbonyl (C=O) groups excluding carboxylic acids is 2. The zero-order valence-corrected chi connectivity index (χ0v) is 18.3. The van der Waals surface area contributed by atoms with E-state index in [1.165, 1.54) is 35.9 Å². The maximum absolute atomic E-state index is 12.5. The molecule has 1 amide bonds. The third kappa shape index (κ3) is 4.41. The molecule has 2 heterocycles. The van der Waals surface area contributed by atoms with Gasteiger partial charge in [0.05, 0.1) is 17.9 Å². The minimum Gasteiger partial charge on any atom is -0.462 e. The molecule has 152 valence electrons. The summed E-state index contributed by atoms with van der Waals surface area (Å²) >= 11 is 2.75. The van der Waals surface area contributed by atoms with Gasteiger partial charge in [0.25, 0.3) is 0 Å². The number of rotatable bonds is 7. The van der Waals surface area contributed by atoms with E-state index in [2.05, 4.69) is 15.5 Å². The molecule has 7 nitrogen and oxygen atoms in total. The van der Waals surface area contributed by atoms with Crippen LogP contribution in [0.1, 0.15) is 65.1 Å². The minimum atomic E-state index is -0.401. The average Bonchev–Trinajstić information content (AvgIpc) is 3.35. The van der Waals surface area contributed by atoms with Crippen molar-refractivity contribution in [2.45, 2.75) is 57.5 Å². The molecule has 0 radical (unpaired) electrons. The summed E-state index contributed by atoms with van der Waals surface area (Å²) in [6.45, 7) is 5.86. The molecule has 1 aliphatic rings. The van der Waals surface area contributed by atoms with Gasteiger partial charge in [-0.3, -0.25) is 4.79 Å². The van der Waals surface area contributed by atoms with E-state index in [0.29, 0.717) is 23.1 Å². The predicted molar refractivity (Wildman–Crippen MR) is 111 cm³/mol. The van der Waals surface area contributed by atoms with Crippen LogP contribution in [0.15, 0.2) is 5.16 Å². The van der Waals surface area contributed by atoms with Crippen LogP contribution in [0, 0.1) is 13.8 Å². The topological polar surface area (TPSA) is 86.1 Å². The Bertz CT molecular complexity index is 869. The second-order valence-electron chi connectivity index (χ2n) is 6.93. The summed E-state index contributed by atoms with van der Waals surface area (Å²) in [6.07, 6.45) is 4.80. The van der Waals surface area contributed by atoms with Crippen LogP contribution >= 0.6 is 23.1 Å². The molecule has 28 heavy (non-hydrogen) atoms. The Morgan fingerprint density at radius 2 is 2.00 bits per heavy atom. The van der Waals surface area contributed by atoms with Gasteiger partial charge in [-0.15, -0.1) is 21.5 Å². The lowest BCUT2D eigenvalue weighted by Crippen LogP contribution is -2.16. The Kier molecular flexibility index (Phi) is 6.77. The number of anilines is 1. The van der Waals surface area contributed by atoms with Crippen LogP contribution in [0.5, 0.6) is 0 Å². The number of esters is 1. The summed E-state index contributed by atoms with van der Waals surface area (Å²) in [4.78, 5) is 25.7. The molecular weight excluding hydrogens is 396 g/mol. The van der Waals surface area contributed by atoms with Crippen molar-refractivity contribution >= 4 is 40.0 Å².